The van der Waals surface area contributed by atoms with Crippen molar-refractivity contribution in [3.05, 3.63) is 58.6 Å². The van der Waals surface area contributed by atoms with Crippen molar-refractivity contribution >= 4 is 33.4 Å². The number of primary sulfonamides is 1. The number of ether oxygens (including phenoxy) is 2. The molecule has 0 saturated carbocycles. The fourth-order valence-electron chi connectivity index (χ4n) is 2.16. The van der Waals surface area contributed by atoms with Gasteiger partial charge in [0.1, 0.15) is 10.6 Å². The highest BCUT2D eigenvalue weighted by Gasteiger charge is 2.23. The van der Waals surface area contributed by atoms with Crippen LogP contribution in [0.4, 0.5) is 0 Å². The molecule has 0 aliphatic carbocycles. The average Bonchev–Trinajstić information content (AvgIpc) is 2.60. The van der Waals surface area contributed by atoms with Crippen LogP contribution in [-0.4, -0.2) is 33.4 Å². The first kappa shape index (κ1) is 19.9. The number of carbonyl (C=O) groups is 2. The summed E-state index contributed by atoms with van der Waals surface area (Å²) in [6.07, 6.45) is -1.08. The summed E-state index contributed by atoms with van der Waals surface area (Å²) < 4.78 is 33.3. The van der Waals surface area contributed by atoms with Crippen LogP contribution in [0.25, 0.3) is 0 Å². The zero-order valence-electron chi connectivity index (χ0n) is 13.9. The molecule has 0 fully saturated rings. The second kappa shape index (κ2) is 7.86. The quantitative estimate of drug-likeness (QED) is 0.591. The molecule has 138 valence electrons. The van der Waals surface area contributed by atoms with E-state index in [1.807, 2.05) is 0 Å². The molecule has 0 aliphatic rings. The van der Waals surface area contributed by atoms with Gasteiger partial charge < -0.3 is 9.47 Å². The van der Waals surface area contributed by atoms with Crippen molar-refractivity contribution in [3.8, 4) is 5.75 Å². The number of nitrogens with two attached hydrogens (primary N) is 1. The molecule has 2 rings (SSSR count). The van der Waals surface area contributed by atoms with Crippen molar-refractivity contribution in [2.24, 2.45) is 5.14 Å². The highest BCUT2D eigenvalue weighted by Crippen LogP contribution is 2.24. The number of rotatable bonds is 6. The lowest BCUT2D eigenvalue weighted by Crippen LogP contribution is -2.24. The molecule has 9 heteroatoms. The Bertz CT molecular complexity index is 940. The highest BCUT2D eigenvalue weighted by molar-refractivity contribution is 7.89. The number of hydrogen-bond donors (Lipinski definition) is 1. The van der Waals surface area contributed by atoms with E-state index in [1.165, 1.54) is 38.3 Å². The SMILES string of the molecule is COc1ccc(C(=O)OC(C)C(=O)c2ccc(Cl)cc2)cc1S(N)(=O)=O. The second-order valence-electron chi connectivity index (χ2n) is 5.33. The van der Waals surface area contributed by atoms with Gasteiger partial charge in [-0.25, -0.2) is 18.4 Å². The van der Waals surface area contributed by atoms with Gasteiger partial charge in [0.05, 0.1) is 12.7 Å². The molecule has 2 aromatic rings. The van der Waals surface area contributed by atoms with Crippen LogP contribution in [0.3, 0.4) is 0 Å². The number of halogens is 1. The summed E-state index contributed by atoms with van der Waals surface area (Å²) in [5, 5.41) is 5.59. The van der Waals surface area contributed by atoms with E-state index in [0.29, 0.717) is 10.6 Å². The topological polar surface area (TPSA) is 113 Å². The van der Waals surface area contributed by atoms with Gasteiger partial charge in [0.25, 0.3) is 0 Å². The summed E-state index contributed by atoms with van der Waals surface area (Å²) in [6, 6.07) is 9.76. The van der Waals surface area contributed by atoms with E-state index in [9.17, 15) is 18.0 Å². The normalized spacial score (nSPS) is 12.3. The van der Waals surface area contributed by atoms with Gasteiger partial charge in [0.15, 0.2) is 6.10 Å². The fraction of sp³-hybridized carbons (Fsp3) is 0.176. The van der Waals surface area contributed by atoms with Crippen molar-refractivity contribution in [1.82, 2.24) is 0 Å². The molecule has 7 nitrogen and oxygen atoms in total. The molecule has 0 aliphatic heterocycles. The molecule has 0 spiro atoms. The molecule has 0 heterocycles. The maximum absolute atomic E-state index is 12.3. The van der Waals surface area contributed by atoms with Crippen molar-refractivity contribution in [2.75, 3.05) is 7.11 Å². The first-order chi connectivity index (χ1) is 12.1. The van der Waals surface area contributed by atoms with Crippen LogP contribution in [0.2, 0.25) is 5.02 Å². The number of hydrogen-bond acceptors (Lipinski definition) is 6. The molecule has 0 aromatic heterocycles. The predicted octanol–water partition coefficient (Wildman–Crippen LogP) is 2.42. The molecule has 2 N–H and O–H groups in total. The van der Waals surface area contributed by atoms with Gasteiger partial charge in [-0.3, -0.25) is 4.79 Å². The van der Waals surface area contributed by atoms with E-state index < -0.39 is 27.9 Å². The molecule has 1 unspecified atom stereocenters. The number of benzene rings is 2. The van der Waals surface area contributed by atoms with Gasteiger partial charge in [-0.2, -0.15) is 0 Å². The summed E-state index contributed by atoms with van der Waals surface area (Å²) in [5.41, 5.74) is 0.250. The smallest absolute Gasteiger partial charge is 0.338 e. The number of Topliss-reactive ketones (excluding diaryl/α,β-unsaturated/α-hetero) is 1. The molecule has 26 heavy (non-hydrogen) atoms. The van der Waals surface area contributed by atoms with Crippen molar-refractivity contribution in [2.45, 2.75) is 17.9 Å². The third-order valence-corrected chi connectivity index (χ3v) is 4.67. The number of carbonyl (C=O) groups excluding carboxylic acids is 2. The lowest BCUT2D eigenvalue weighted by molar-refractivity contribution is 0.0318. The Morgan fingerprint density at radius 1 is 1.08 bits per heavy atom. The van der Waals surface area contributed by atoms with Crippen LogP contribution >= 0.6 is 11.6 Å². The molecule has 2 aromatic carbocycles. The number of esters is 1. The first-order valence-electron chi connectivity index (χ1n) is 7.35. The van der Waals surface area contributed by atoms with Gasteiger partial charge in [0, 0.05) is 10.6 Å². The van der Waals surface area contributed by atoms with Crippen molar-refractivity contribution < 1.29 is 27.5 Å². The summed E-state index contributed by atoms with van der Waals surface area (Å²) in [4.78, 5) is 24.2. The lowest BCUT2D eigenvalue weighted by Gasteiger charge is -2.13. The van der Waals surface area contributed by atoms with Crippen LogP contribution in [-0.2, 0) is 14.8 Å². The Labute approximate surface area is 155 Å². The minimum absolute atomic E-state index is 0.00524. The monoisotopic (exact) mass is 397 g/mol. The standard InChI is InChI=1S/C17H16ClNO6S/c1-10(16(20)11-3-6-13(18)7-4-11)25-17(21)12-5-8-14(24-2)15(9-12)26(19,22)23/h3-10H,1-2H3,(H2,19,22,23). The first-order valence-corrected chi connectivity index (χ1v) is 9.27. The molecular formula is C17H16ClNO6S. The third-order valence-electron chi connectivity index (χ3n) is 3.49. The van der Waals surface area contributed by atoms with Crippen LogP contribution < -0.4 is 9.88 Å². The van der Waals surface area contributed by atoms with Crippen LogP contribution in [0.1, 0.15) is 27.6 Å². The van der Waals surface area contributed by atoms with Gasteiger partial charge in [-0.15, -0.1) is 0 Å². The molecule has 0 bridgehead atoms. The molecular weight excluding hydrogens is 382 g/mol. The minimum Gasteiger partial charge on any atom is -0.495 e. The summed E-state index contributed by atoms with van der Waals surface area (Å²) >= 11 is 5.77. The fourth-order valence-corrected chi connectivity index (χ4v) is 3.01. The van der Waals surface area contributed by atoms with E-state index in [2.05, 4.69) is 0 Å². The van der Waals surface area contributed by atoms with E-state index in [-0.39, 0.29) is 16.2 Å². The number of sulfonamides is 1. The van der Waals surface area contributed by atoms with Gasteiger partial charge in [-0.1, -0.05) is 11.6 Å². The van der Waals surface area contributed by atoms with E-state index in [0.717, 1.165) is 6.07 Å². The van der Waals surface area contributed by atoms with Gasteiger partial charge in [-0.05, 0) is 49.4 Å². The second-order valence-corrected chi connectivity index (χ2v) is 7.30. The third kappa shape index (κ3) is 4.60. The summed E-state index contributed by atoms with van der Waals surface area (Å²) in [7, 11) is -2.83. The predicted molar refractivity (Wildman–Crippen MR) is 95.0 cm³/mol. The molecule has 0 saturated heterocycles. The molecule has 1 atom stereocenters. The lowest BCUT2D eigenvalue weighted by atomic mass is 10.1. The van der Waals surface area contributed by atoms with Crippen molar-refractivity contribution in [1.29, 1.82) is 0 Å². The maximum atomic E-state index is 12.3. The maximum Gasteiger partial charge on any atom is 0.338 e. The summed E-state index contributed by atoms with van der Waals surface area (Å²) in [6.45, 7) is 1.42. The van der Waals surface area contributed by atoms with Crippen molar-refractivity contribution in [3.63, 3.8) is 0 Å². The highest BCUT2D eigenvalue weighted by atomic mass is 35.5. The van der Waals surface area contributed by atoms with E-state index >= 15 is 0 Å². The number of ketones is 1. The van der Waals surface area contributed by atoms with Gasteiger partial charge >= 0.3 is 5.97 Å². The summed E-state index contributed by atoms with van der Waals surface area (Å²) in [5.74, 6) is -1.29. The Kier molecular flexibility index (Phi) is 6.01. The van der Waals surface area contributed by atoms with E-state index in [4.69, 9.17) is 26.2 Å². The van der Waals surface area contributed by atoms with Gasteiger partial charge in [0.2, 0.25) is 15.8 Å². The van der Waals surface area contributed by atoms with Crippen LogP contribution in [0, 0.1) is 0 Å². The van der Waals surface area contributed by atoms with Crippen LogP contribution in [0.15, 0.2) is 47.4 Å². The average molecular weight is 398 g/mol. The molecule has 0 amide bonds. The Hall–Kier alpha value is -2.42. The Balaban J connectivity index is 2.21. The van der Waals surface area contributed by atoms with E-state index in [1.54, 1.807) is 12.1 Å². The zero-order chi connectivity index (χ0) is 19.5. The largest absolute Gasteiger partial charge is 0.495 e. The Morgan fingerprint density at radius 3 is 2.19 bits per heavy atom. The number of methoxy groups -OCH3 is 1. The zero-order valence-corrected chi connectivity index (χ0v) is 15.5. The minimum atomic E-state index is -4.11. The van der Waals surface area contributed by atoms with Crippen LogP contribution in [0.5, 0.6) is 5.75 Å². The Morgan fingerprint density at radius 2 is 1.65 bits per heavy atom. The molecule has 0 radical (unpaired) electrons.